The normalized spacial score (nSPS) is 9.95. The zero-order valence-corrected chi connectivity index (χ0v) is 11.8. The molecular formula is C14H14ClN3S. The molecule has 2 rings (SSSR count). The molecule has 5 heteroatoms. The summed E-state index contributed by atoms with van der Waals surface area (Å²) in [4.78, 5) is 4.01. The zero-order valence-electron chi connectivity index (χ0n) is 10.3. The number of thiocarbonyl (C=S) groups is 1. The van der Waals surface area contributed by atoms with Gasteiger partial charge < -0.3 is 10.6 Å². The minimum atomic E-state index is 0.494. The molecule has 0 spiro atoms. The van der Waals surface area contributed by atoms with Crippen LogP contribution in [0.3, 0.4) is 0 Å². The number of halogens is 1. The van der Waals surface area contributed by atoms with Crippen LogP contribution in [0.2, 0.25) is 5.15 Å². The Morgan fingerprint density at radius 1 is 1.00 bits per heavy atom. The summed E-state index contributed by atoms with van der Waals surface area (Å²) in [7, 11) is 0. The highest BCUT2D eigenvalue weighted by atomic mass is 35.5. The van der Waals surface area contributed by atoms with E-state index < -0.39 is 0 Å². The molecular weight excluding hydrogens is 278 g/mol. The fraction of sp³-hybridized carbons (Fsp3) is 0.143. The van der Waals surface area contributed by atoms with Gasteiger partial charge in [0.15, 0.2) is 5.11 Å². The van der Waals surface area contributed by atoms with Gasteiger partial charge >= 0.3 is 0 Å². The van der Waals surface area contributed by atoms with E-state index in [1.165, 1.54) is 5.56 Å². The van der Waals surface area contributed by atoms with Gasteiger partial charge in [-0.1, -0.05) is 48.0 Å². The van der Waals surface area contributed by atoms with Crippen molar-refractivity contribution in [3.05, 3.63) is 64.9 Å². The Morgan fingerprint density at radius 3 is 2.32 bits per heavy atom. The average Bonchev–Trinajstić information content (AvgIpc) is 2.45. The minimum absolute atomic E-state index is 0.494. The smallest absolute Gasteiger partial charge is 0.166 e. The standard InChI is InChI=1S/C14H14ClN3S/c15-13-7-6-12(9-16-13)10-18-14(19)17-8-11-4-2-1-3-5-11/h1-7,9H,8,10H2,(H2,17,18,19). The van der Waals surface area contributed by atoms with Gasteiger partial charge in [0, 0.05) is 19.3 Å². The van der Waals surface area contributed by atoms with Crippen LogP contribution in [0.1, 0.15) is 11.1 Å². The first-order valence-electron chi connectivity index (χ1n) is 5.90. The highest BCUT2D eigenvalue weighted by Gasteiger charge is 1.98. The summed E-state index contributed by atoms with van der Waals surface area (Å²) in [5.74, 6) is 0. The van der Waals surface area contributed by atoms with Crippen molar-refractivity contribution in [2.24, 2.45) is 0 Å². The predicted molar refractivity (Wildman–Crippen MR) is 82.0 cm³/mol. The summed E-state index contributed by atoms with van der Waals surface area (Å²) in [6, 6.07) is 13.8. The van der Waals surface area contributed by atoms with Gasteiger partial charge in [-0.25, -0.2) is 4.98 Å². The van der Waals surface area contributed by atoms with E-state index in [1.54, 1.807) is 12.3 Å². The van der Waals surface area contributed by atoms with E-state index in [9.17, 15) is 0 Å². The Hall–Kier alpha value is -1.65. The first kappa shape index (κ1) is 13.8. The number of benzene rings is 1. The lowest BCUT2D eigenvalue weighted by Crippen LogP contribution is -2.34. The van der Waals surface area contributed by atoms with Gasteiger partial charge in [0.25, 0.3) is 0 Å². The Labute approximate surface area is 123 Å². The molecule has 1 heterocycles. The van der Waals surface area contributed by atoms with Crippen molar-refractivity contribution in [1.29, 1.82) is 0 Å². The molecule has 0 saturated heterocycles. The maximum Gasteiger partial charge on any atom is 0.166 e. The molecule has 19 heavy (non-hydrogen) atoms. The fourth-order valence-electron chi connectivity index (χ4n) is 1.53. The SMILES string of the molecule is S=C(NCc1ccccc1)NCc1ccc(Cl)nc1. The second-order valence-corrected chi connectivity index (χ2v) is 4.81. The van der Waals surface area contributed by atoms with Crippen molar-refractivity contribution in [3.63, 3.8) is 0 Å². The Morgan fingerprint density at radius 2 is 1.68 bits per heavy atom. The van der Waals surface area contributed by atoms with Crippen molar-refractivity contribution in [1.82, 2.24) is 15.6 Å². The molecule has 0 aliphatic rings. The van der Waals surface area contributed by atoms with Gasteiger partial charge in [0.1, 0.15) is 5.15 Å². The average molecular weight is 292 g/mol. The van der Waals surface area contributed by atoms with Gasteiger partial charge in [-0.15, -0.1) is 0 Å². The first-order chi connectivity index (χ1) is 9.24. The van der Waals surface area contributed by atoms with E-state index in [0.717, 1.165) is 5.56 Å². The van der Waals surface area contributed by atoms with Crippen molar-refractivity contribution in [3.8, 4) is 0 Å². The topological polar surface area (TPSA) is 37.0 Å². The molecule has 0 radical (unpaired) electrons. The molecule has 1 aromatic heterocycles. The quantitative estimate of drug-likeness (QED) is 0.671. The third kappa shape index (κ3) is 4.85. The van der Waals surface area contributed by atoms with E-state index in [0.29, 0.717) is 23.4 Å². The third-order valence-corrected chi connectivity index (χ3v) is 3.05. The summed E-state index contributed by atoms with van der Waals surface area (Å²) in [6.45, 7) is 1.34. The van der Waals surface area contributed by atoms with E-state index in [2.05, 4.69) is 27.8 Å². The van der Waals surface area contributed by atoms with Crippen molar-refractivity contribution < 1.29 is 0 Å². The molecule has 0 aliphatic heterocycles. The van der Waals surface area contributed by atoms with Crippen LogP contribution < -0.4 is 10.6 Å². The van der Waals surface area contributed by atoms with E-state index in [1.807, 2.05) is 24.3 Å². The zero-order chi connectivity index (χ0) is 13.5. The Balaban J connectivity index is 1.74. The van der Waals surface area contributed by atoms with Crippen LogP contribution in [-0.2, 0) is 13.1 Å². The predicted octanol–water partition coefficient (Wildman–Crippen LogP) is 2.90. The lowest BCUT2D eigenvalue weighted by Gasteiger charge is -2.10. The second kappa shape index (κ2) is 7.07. The van der Waals surface area contributed by atoms with Gasteiger partial charge in [-0.05, 0) is 29.4 Å². The van der Waals surface area contributed by atoms with E-state index in [4.69, 9.17) is 23.8 Å². The van der Waals surface area contributed by atoms with Gasteiger partial charge in [0.05, 0.1) is 0 Å². The number of nitrogens with zero attached hydrogens (tertiary/aromatic N) is 1. The molecule has 0 aliphatic carbocycles. The lowest BCUT2D eigenvalue weighted by molar-refractivity contribution is 0.830. The lowest BCUT2D eigenvalue weighted by atomic mass is 10.2. The van der Waals surface area contributed by atoms with Crippen molar-refractivity contribution >= 4 is 28.9 Å². The van der Waals surface area contributed by atoms with E-state index >= 15 is 0 Å². The highest BCUT2D eigenvalue weighted by Crippen LogP contribution is 2.04. The largest absolute Gasteiger partial charge is 0.359 e. The highest BCUT2D eigenvalue weighted by molar-refractivity contribution is 7.80. The molecule has 98 valence electrons. The van der Waals surface area contributed by atoms with Crippen LogP contribution in [0.4, 0.5) is 0 Å². The Kier molecular flexibility index (Phi) is 5.12. The van der Waals surface area contributed by atoms with Gasteiger partial charge in [0.2, 0.25) is 0 Å². The molecule has 3 nitrogen and oxygen atoms in total. The summed E-state index contributed by atoms with van der Waals surface area (Å²) in [5, 5.41) is 7.40. The maximum atomic E-state index is 5.72. The summed E-state index contributed by atoms with van der Waals surface area (Å²) in [5.41, 5.74) is 2.23. The molecule has 0 fully saturated rings. The molecule has 0 bridgehead atoms. The molecule has 2 N–H and O–H groups in total. The van der Waals surface area contributed by atoms with Crippen LogP contribution in [-0.4, -0.2) is 10.1 Å². The van der Waals surface area contributed by atoms with Crippen molar-refractivity contribution in [2.75, 3.05) is 0 Å². The van der Waals surface area contributed by atoms with Crippen LogP contribution in [0.5, 0.6) is 0 Å². The number of pyridine rings is 1. The Bertz CT molecular complexity index is 528. The first-order valence-corrected chi connectivity index (χ1v) is 6.69. The summed E-state index contributed by atoms with van der Waals surface area (Å²) in [6.07, 6.45) is 1.73. The molecule has 1 aromatic carbocycles. The van der Waals surface area contributed by atoms with Crippen LogP contribution in [0.25, 0.3) is 0 Å². The molecule has 0 amide bonds. The fourth-order valence-corrected chi connectivity index (χ4v) is 1.79. The number of aromatic nitrogens is 1. The van der Waals surface area contributed by atoms with Crippen LogP contribution in [0, 0.1) is 0 Å². The molecule has 0 saturated carbocycles. The third-order valence-electron chi connectivity index (χ3n) is 2.54. The van der Waals surface area contributed by atoms with Gasteiger partial charge in [-0.2, -0.15) is 0 Å². The number of hydrogen-bond donors (Lipinski definition) is 2. The summed E-state index contributed by atoms with van der Waals surface area (Å²) < 4.78 is 0. The number of rotatable bonds is 4. The summed E-state index contributed by atoms with van der Waals surface area (Å²) >= 11 is 10.9. The van der Waals surface area contributed by atoms with Gasteiger partial charge in [-0.3, -0.25) is 0 Å². The monoisotopic (exact) mass is 291 g/mol. The number of nitrogens with one attached hydrogen (secondary N) is 2. The van der Waals surface area contributed by atoms with Crippen LogP contribution >= 0.6 is 23.8 Å². The minimum Gasteiger partial charge on any atom is -0.359 e. The molecule has 0 unspecified atom stereocenters. The van der Waals surface area contributed by atoms with Crippen LogP contribution in [0.15, 0.2) is 48.7 Å². The molecule has 0 atom stereocenters. The maximum absolute atomic E-state index is 5.72. The van der Waals surface area contributed by atoms with Crippen molar-refractivity contribution in [2.45, 2.75) is 13.1 Å². The van der Waals surface area contributed by atoms with E-state index in [-0.39, 0.29) is 0 Å². The molecule has 2 aromatic rings. The number of hydrogen-bond acceptors (Lipinski definition) is 2. The second-order valence-electron chi connectivity index (χ2n) is 4.01.